The van der Waals surface area contributed by atoms with E-state index in [9.17, 15) is 4.79 Å². The van der Waals surface area contributed by atoms with E-state index in [2.05, 4.69) is 28.3 Å². The number of para-hydroxylation sites is 1. The third-order valence-electron chi connectivity index (χ3n) is 3.74. The van der Waals surface area contributed by atoms with Gasteiger partial charge in [-0.15, -0.1) is 11.3 Å². The fourth-order valence-corrected chi connectivity index (χ4v) is 3.42. The number of fused-ring (bicyclic) bond motifs is 1. The smallest absolute Gasteiger partial charge is 0.258 e. The summed E-state index contributed by atoms with van der Waals surface area (Å²) >= 11 is 1.65. The van der Waals surface area contributed by atoms with E-state index < -0.39 is 0 Å². The third kappa shape index (κ3) is 3.12. The molecule has 0 atom stereocenters. The summed E-state index contributed by atoms with van der Waals surface area (Å²) in [5.41, 5.74) is 2.13. The molecular formula is C19H14N4OS. The van der Waals surface area contributed by atoms with E-state index in [4.69, 9.17) is 4.98 Å². The summed E-state index contributed by atoms with van der Waals surface area (Å²) in [7, 11) is 0. The number of amides is 1. The number of anilines is 1. The molecule has 1 N–H and O–H groups in total. The molecule has 4 rings (SSSR count). The van der Waals surface area contributed by atoms with Gasteiger partial charge in [0.1, 0.15) is 0 Å². The van der Waals surface area contributed by atoms with Crippen LogP contribution in [-0.2, 0) is 0 Å². The van der Waals surface area contributed by atoms with E-state index >= 15 is 0 Å². The minimum Gasteiger partial charge on any atom is -0.290 e. The van der Waals surface area contributed by atoms with Gasteiger partial charge in [0, 0.05) is 22.7 Å². The first-order chi connectivity index (χ1) is 12.2. The van der Waals surface area contributed by atoms with Crippen molar-refractivity contribution < 1.29 is 4.79 Å². The van der Waals surface area contributed by atoms with Gasteiger partial charge in [0.25, 0.3) is 5.91 Å². The predicted octanol–water partition coefficient (Wildman–Crippen LogP) is 4.31. The molecule has 0 radical (unpaired) electrons. The zero-order valence-corrected chi connectivity index (χ0v) is 14.2. The number of aromatic nitrogens is 3. The molecule has 1 aromatic carbocycles. The van der Waals surface area contributed by atoms with Gasteiger partial charge in [-0.05, 0) is 37.3 Å². The molecule has 0 saturated carbocycles. The molecule has 0 saturated heterocycles. The van der Waals surface area contributed by atoms with Crippen molar-refractivity contribution >= 4 is 34.1 Å². The van der Waals surface area contributed by atoms with Crippen LogP contribution >= 0.6 is 11.3 Å². The van der Waals surface area contributed by atoms with Crippen molar-refractivity contribution in [3.63, 3.8) is 0 Å². The zero-order valence-electron chi connectivity index (χ0n) is 13.4. The van der Waals surface area contributed by atoms with Gasteiger partial charge in [-0.25, -0.2) is 15.0 Å². The monoisotopic (exact) mass is 346 g/mol. The lowest BCUT2D eigenvalue weighted by Crippen LogP contribution is -2.14. The van der Waals surface area contributed by atoms with Crippen LogP contribution in [0.1, 0.15) is 15.2 Å². The molecule has 1 amide bonds. The number of pyridine rings is 1. The normalized spacial score (nSPS) is 10.8. The standard InChI is InChI=1S/C19H14N4OS/c1-12-7-8-17(25-12)16-11-14(13-5-2-3-6-15(13)22-16)18(24)23-19-20-9-4-10-21-19/h2-11H,1H3,(H,20,21,23,24). The first-order valence-electron chi connectivity index (χ1n) is 7.76. The van der Waals surface area contributed by atoms with Crippen molar-refractivity contribution in [1.82, 2.24) is 15.0 Å². The van der Waals surface area contributed by atoms with Gasteiger partial charge < -0.3 is 0 Å². The van der Waals surface area contributed by atoms with Gasteiger partial charge in [-0.3, -0.25) is 10.1 Å². The van der Waals surface area contributed by atoms with Crippen LogP contribution in [0, 0.1) is 6.92 Å². The molecular weight excluding hydrogens is 332 g/mol. The number of thiophene rings is 1. The average Bonchev–Trinajstić information content (AvgIpc) is 3.08. The summed E-state index contributed by atoms with van der Waals surface area (Å²) in [5.74, 6) is 0.0289. The first-order valence-corrected chi connectivity index (χ1v) is 8.57. The second-order valence-electron chi connectivity index (χ2n) is 5.51. The summed E-state index contributed by atoms with van der Waals surface area (Å²) in [4.78, 5) is 27.9. The number of carbonyl (C=O) groups is 1. The van der Waals surface area contributed by atoms with Crippen LogP contribution in [0.15, 0.2) is 60.9 Å². The number of hydrogen-bond acceptors (Lipinski definition) is 5. The third-order valence-corrected chi connectivity index (χ3v) is 4.77. The highest BCUT2D eigenvalue weighted by Crippen LogP contribution is 2.30. The Morgan fingerprint density at radius 2 is 1.84 bits per heavy atom. The van der Waals surface area contributed by atoms with Crippen molar-refractivity contribution in [2.24, 2.45) is 0 Å². The molecule has 25 heavy (non-hydrogen) atoms. The molecule has 3 heterocycles. The Morgan fingerprint density at radius 1 is 1.04 bits per heavy atom. The molecule has 5 nitrogen and oxygen atoms in total. The van der Waals surface area contributed by atoms with Crippen molar-refractivity contribution in [3.05, 3.63) is 71.4 Å². The summed E-state index contributed by atoms with van der Waals surface area (Å²) < 4.78 is 0. The van der Waals surface area contributed by atoms with Crippen molar-refractivity contribution in [2.75, 3.05) is 5.32 Å². The van der Waals surface area contributed by atoms with E-state index in [-0.39, 0.29) is 11.9 Å². The lowest BCUT2D eigenvalue weighted by Gasteiger charge is -2.09. The lowest BCUT2D eigenvalue weighted by molar-refractivity contribution is 0.102. The number of nitrogens with zero attached hydrogens (tertiary/aromatic N) is 3. The Hall–Kier alpha value is -3.12. The number of benzene rings is 1. The van der Waals surface area contributed by atoms with Gasteiger partial charge in [-0.2, -0.15) is 0 Å². The summed E-state index contributed by atoms with van der Waals surface area (Å²) in [6.07, 6.45) is 3.18. The topological polar surface area (TPSA) is 67.8 Å². The highest BCUT2D eigenvalue weighted by Gasteiger charge is 2.15. The van der Waals surface area contributed by atoms with Gasteiger partial charge in [0.15, 0.2) is 0 Å². The quantitative estimate of drug-likeness (QED) is 0.600. The zero-order chi connectivity index (χ0) is 17.2. The number of nitrogens with one attached hydrogen (secondary N) is 1. The molecule has 0 bridgehead atoms. The first kappa shape index (κ1) is 15.4. The summed E-state index contributed by atoms with van der Waals surface area (Å²) in [5, 5.41) is 3.55. The second-order valence-corrected chi connectivity index (χ2v) is 6.80. The van der Waals surface area contributed by atoms with Crippen LogP contribution in [0.2, 0.25) is 0 Å². The molecule has 0 spiro atoms. The fourth-order valence-electron chi connectivity index (χ4n) is 2.59. The van der Waals surface area contributed by atoms with Crippen LogP contribution in [0.5, 0.6) is 0 Å². The molecule has 0 fully saturated rings. The van der Waals surface area contributed by atoms with Gasteiger partial charge >= 0.3 is 0 Å². The van der Waals surface area contributed by atoms with E-state index in [1.165, 1.54) is 4.88 Å². The van der Waals surface area contributed by atoms with Crippen LogP contribution in [0.25, 0.3) is 21.5 Å². The fraction of sp³-hybridized carbons (Fsp3) is 0.0526. The summed E-state index contributed by atoms with van der Waals surface area (Å²) in [6.45, 7) is 2.05. The SMILES string of the molecule is Cc1ccc(-c2cc(C(=O)Nc3ncccn3)c3ccccc3n2)s1. The van der Waals surface area contributed by atoms with E-state index in [0.717, 1.165) is 21.5 Å². The molecule has 3 aromatic heterocycles. The molecule has 4 aromatic rings. The second kappa shape index (κ2) is 6.41. The Morgan fingerprint density at radius 3 is 2.60 bits per heavy atom. The minimum atomic E-state index is -0.251. The Labute approximate surface area is 148 Å². The summed E-state index contributed by atoms with van der Waals surface area (Å²) in [6, 6.07) is 15.2. The molecule has 0 aliphatic rings. The Kier molecular flexibility index (Phi) is 3.95. The Balaban J connectivity index is 1.82. The largest absolute Gasteiger partial charge is 0.290 e. The average molecular weight is 346 g/mol. The highest BCUT2D eigenvalue weighted by atomic mass is 32.1. The lowest BCUT2D eigenvalue weighted by atomic mass is 10.1. The van der Waals surface area contributed by atoms with E-state index in [1.807, 2.05) is 36.4 Å². The van der Waals surface area contributed by atoms with Gasteiger partial charge in [-0.1, -0.05) is 18.2 Å². The minimum absolute atomic E-state index is 0.251. The number of carbonyl (C=O) groups excluding carboxylic acids is 1. The van der Waals surface area contributed by atoms with Crippen LogP contribution in [-0.4, -0.2) is 20.9 Å². The Bertz CT molecular complexity index is 1060. The maximum atomic E-state index is 12.8. The van der Waals surface area contributed by atoms with Crippen molar-refractivity contribution in [1.29, 1.82) is 0 Å². The number of hydrogen-bond donors (Lipinski definition) is 1. The maximum absolute atomic E-state index is 12.8. The van der Waals surface area contributed by atoms with Crippen molar-refractivity contribution in [2.45, 2.75) is 6.92 Å². The number of aryl methyl sites for hydroxylation is 1. The molecule has 122 valence electrons. The predicted molar refractivity (Wildman–Crippen MR) is 99.8 cm³/mol. The van der Waals surface area contributed by atoms with E-state index in [1.54, 1.807) is 29.8 Å². The van der Waals surface area contributed by atoms with Crippen LogP contribution < -0.4 is 5.32 Å². The van der Waals surface area contributed by atoms with Gasteiger partial charge in [0.2, 0.25) is 5.95 Å². The maximum Gasteiger partial charge on any atom is 0.258 e. The van der Waals surface area contributed by atoms with E-state index in [0.29, 0.717) is 5.56 Å². The molecule has 0 unspecified atom stereocenters. The van der Waals surface area contributed by atoms with Crippen LogP contribution in [0.3, 0.4) is 0 Å². The number of rotatable bonds is 3. The van der Waals surface area contributed by atoms with Gasteiger partial charge in [0.05, 0.1) is 21.7 Å². The molecule has 0 aliphatic heterocycles. The van der Waals surface area contributed by atoms with Crippen molar-refractivity contribution in [3.8, 4) is 10.6 Å². The highest BCUT2D eigenvalue weighted by molar-refractivity contribution is 7.15. The molecule has 6 heteroatoms. The van der Waals surface area contributed by atoms with Crippen LogP contribution in [0.4, 0.5) is 5.95 Å². The molecule has 0 aliphatic carbocycles.